The van der Waals surface area contributed by atoms with Crippen molar-refractivity contribution in [3.63, 3.8) is 0 Å². The monoisotopic (exact) mass is 572 g/mol. The van der Waals surface area contributed by atoms with E-state index in [2.05, 4.69) is 25.9 Å². The van der Waals surface area contributed by atoms with Crippen molar-refractivity contribution in [2.75, 3.05) is 6.54 Å². The van der Waals surface area contributed by atoms with Crippen LogP contribution in [-0.4, -0.2) is 50.2 Å². The molecule has 1 saturated heterocycles. The van der Waals surface area contributed by atoms with Gasteiger partial charge in [0.05, 0.1) is 29.5 Å². The third kappa shape index (κ3) is 5.92. The summed E-state index contributed by atoms with van der Waals surface area (Å²) in [5.41, 5.74) is 0.691. The molecule has 2 unspecified atom stereocenters. The Labute approximate surface area is 223 Å². The molecule has 15 heteroatoms. The number of rotatable bonds is 7. The second kappa shape index (κ2) is 10.7. The molecule has 5 rings (SSSR count). The maximum Gasteiger partial charge on any atom is 0.393 e. The molecule has 3 aromatic rings. The molecule has 40 heavy (non-hydrogen) atoms. The maximum atomic E-state index is 13.9. The van der Waals surface area contributed by atoms with Gasteiger partial charge in [-0.2, -0.15) is 18.3 Å². The van der Waals surface area contributed by atoms with E-state index in [1.807, 2.05) is 0 Å². The molecule has 1 saturated carbocycles. The van der Waals surface area contributed by atoms with Gasteiger partial charge in [0.25, 0.3) is 5.91 Å². The minimum absolute atomic E-state index is 0.0285. The number of alkyl halides is 6. The Hall–Kier alpha value is -3.65. The molecule has 0 aromatic carbocycles. The van der Waals surface area contributed by atoms with E-state index in [4.69, 9.17) is 4.52 Å². The van der Waals surface area contributed by atoms with Crippen molar-refractivity contribution in [1.29, 1.82) is 0 Å². The highest BCUT2D eigenvalue weighted by atomic mass is 19.4. The minimum atomic E-state index is -4.43. The van der Waals surface area contributed by atoms with Gasteiger partial charge in [-0.25, -0.2) is 22.7 Å². The number of halogens is 6. The van der Waals surface area contributed by atoms with Crippen LogP contribution in [0.25, 0.3) is 5.65 Å². The number of amides is 2. The summed E-state index contributed by atoms with van der Waals surface area (Å²) in [6, 6.07) is 2.30. The van der Waals surface area contributed by atoms with Crippen molar-refractivity contribution in [2.45, 2.75) is 63.3 Å². The van der Waals surface area contributed by atoms with Crippen LogP contribution in [0.2, 0.25) is 0 Å². The summed E-state index contributed by atoms with van der Waals surface area (Å²) in [7, 11) is 0. The van der Waals surface area contributed by atoms with Gasteiger partial charge in [0.2, 0.25) is 11.8 Å². The summed E-state index contributed by atoms with van der Waals surface area (Å²) in [4.78, 5) is 29.7. The largest absolute Gasteiger partial charge is 0.393 e. The molecule has 2 aliphatic rings. The molecule has 0 bridgehead atoms. The first-order chi connectivity index (χ1) is 18.9. The lowest BCUT2D eigenvalue weighted by Crippen LogP contribution is -2.47. The summed E-state index contributed by atoms with van der Waals surface area (Å²) >= 11 is 0. The third-order valence-electron chi connectivity index (χ3n) is 7.63. The Morgan fingerprint density at radius 3 is 2.70 bits per heavy atom. The number of aromatic nitrogens is 4. The normalized spacial score (nSPS) is 22.7. The maximum absolute atomic E-state index is 13.9. The molecule has 2 N–H and O–H groups in total. The minimum Gasteiger partial charge on any atom is -0.364 e. The van der Waals surface area contributed by atoms with Crippen molar-refractivity contribution in [2.24, 2.45) is 17.8 Å². The Morgan fingerprint density at radius 2 is 2.00 bits per heavy atom. The fraction of sp³-hybridized carbons (Fsp3) is 0.560. The van der Waals surface area contributed by atoms with E-state index >= 15 is 0 Å². The summed E-state index contributed by atoms with van der Waals surface area (Å²) in [5.74, 6) is -6.97. The zero-order valence-corrected chi connectivity index (χ0v) is 21.1. The van der Waals surface area contributed by atoms with Gasteiger partial charge in [-0.05, 0) is 37.3 Å². The average molecular weight is 573 g/mol. The van der Waals surface area contributed by atoms with Crippen molar-refractivity contribution < 1.29 is 40.5 Å². The molecule has 1 aliphatic heterocycles. The van der Waals surface area contributed by atoms with Crippen LogP contribution in [0, 0.1) is 17.8 Å². The topological polar surface area (TPSA) is 114 Å². The fourth-order valence-electron chi connectivity index (χ4n) is 5.37. The van der Waals surface area contributed by atoms with Crippen molar-refractivity contribution in [3.8, 4) is 0 Å². The van der Waals surface area contributed by atoms with Gasteiger partial charge < -0.3 is 15.2 Å². The second-order valence-electron chi connectivity index (χ2n) is 10.4. The van der Waals surface area contributed by atoms with Crippen LogP contribution in [0.4, 0.5) is 26.3 Å². The van der Waals surface area contributed by atoms with E-state index in [1.165, 1.54) is 10.7 Å². The van der Waals surface area contributed by atoms with Gasteiger partial charge in [0.15, 0.2) is 5.65 Å². The van der Waals surface area contributed by atoms with Gasteiger partial charge in [0, 0.05) is 31.7 Å². The zero-order chi connectivity index (χ0) is 28.7. The van der Waals surface area contributed by atoms with E-state index in [0.717, 1.165) is 6.26 Å². The Morgan fingerprint density at radius 1 is 1.25 bits per heavy atom. The van der Waals surface area contributed by atoms with Crippen LogP contribution in [0.1, 0.15) is 65.6 Å². The summed E-state index contributed by atoms with van der Waals surface area (Å²) in [6.45, 7) is -1.50. The number of piperidine rings is 1. The second-order valence-corrected chi connectivity index (χ2v) is 10.4. The van der Waals surface area contributed by atoms with E-state index in [9.17, 15) is 35.9 Å². The highest BCUT2D eigenvalue weighted by Crippen LogP contribution is 2.41. The number of nitrogens with zero attached hydrogens (tertiary/aromatic N) is 4. The number of hydrogen-bond acceptors (Lipinski definition) is 6. The molecule has 0 radical (unpaired) electrons. The number of carbonyl (C=O) groups excluding carboxylic acids is 2. The molecule has 3 aromatic heterocycles. The molecule has 9 nitrogen and oxygen atoms in total. The number of imidazole rings is 1. The Kier molecular flexibility index (Phi) is 7.48. The van der Waals surface area contributed by atoms with Gasteiger partial charge >= 0.3 is 6.18 Å². The lowest BCUT2D eigenvalue weighted by Gasteiger charge is -2.33. The summed E-state index contributed by atoms with van der Waals surface area (Å²) in [6.07, 6.45) is -2.85. The van der Waals surface area contributed by atoms with Crippen LogP contribution in [0.3, 0.4) is 0 Å². The zero-order valence-electron chi connectivity index (χ0n) is 21.1. The van der Waals surface area contributed by atoms with Crippen LogP contribution >= 0.6 is 0 Å². The van der Waals surface area contributed by atoms with Crippen molar-refractivity contribution in [3.05, 3.63) is 47.2 Å². The average Bonchev–Trinajstić information content (AvgIpc) is 3.55. The molecular formula is C25H26F6N6O3. The fourth-order valence-corrected chi connectivity index (χ4v) is 5.37. The van der Waals surface area contributed by atoms with E-state index < -0.39 is 60.9 Å². The van der Waals surface area contributed by atoms with Gasteiger partial charge in [-0.1, -0.05) is 5.16 Å². The first-order valence-electron chi connectivity index (χ1n) is 12.8. The number of carbonyl (C=O) groups is 2. The van der Waals surface area contributed by atoms with Crippen LogP contribution in [-0.2, 0) is 17.9 Å². The van der Waals surface area contributed by atoms with Gasteiger partial charge in [-0.15, -0.1) is 0 Å². The summed E-state index contributed by atoms with van der Waals surface area (Å²) < 4.78 is 86.7. The molecule has 2 fully saturated rings. The Bertz CT molecular complexity index is 1380. The van der Waals surface area contributed by atoms with Gasteiger partial charge in [0.1, 0.15) is 24.2 Å². The summed E-state index contributed by atoms with van der Waals surface area (Å²) in [5, 5.41) is 12.9. The first kappa shape index (κ1) is 27.9. The van der Waals surface area contributed by atoms with Crippen molar-refractivity contribution >= 4 is 17.5 Å². The SMILES string of the molecule is O=C(NC(c1cn2nc(CC3C[C@@H](C(F)(F)F)CNC3=O)ccc2n1)C1CCC(F)(F)CC1)c1conc1CF. The van der Waals surface area contributed by atoms with E-state index in [-0.39, 0.29) is 49.8 Å². The quantitative estimate of drug-likeness (QED) is 0.408. The standard InChI is InChI=1S/C25H26F6N6O3/c26-9-18-17(12-40-36-18)23(39)34-21(13-3-5-24(27,28)6-4-13)19-11-37-20(33-19)2-1-16(35-37)8-14-7-15(25(29,30)31)10-32-22(14)38/h1-2,11-15,21H,3-10H2,(H,32,38)(H,34,39)/t14?,15-,21?/m1/s1. The van der Waals surface area contributed by atoms with Crippen LogP contribution in [0.5, 0.6) is 0 Å². The van der Waals surface area contributed by atoms with E-state index in [0.29, 0.717) is 17.0 Å². The van der Waals surface area contributed by atoms with E-state index in [1.54, 1.807) is 12.1 Å². The van der Waals surface area contributed by atoms with Crippen LogP contribution < -0.4 is 10.6 Å². The number of fused-ring (bicyclic) bond motifs is 1. The van der Waals surface area contributed by atoms with Crippen LogP contribution in [0.15, 0.2) is 29.1 Å². The molecule has 2 amide bonds. The van der Waals surface area contributed by atoms with Gasteiger partial charge in [-0.3, -0.25) is 9.59 Å². The molecular weight excluding hydrogens is 546 g/mol. The molecule has 4 heterocycles. The van der Waals surface area contributed by atoms with Crippen molar-refractivity contribution in [1.82, 2.24) is 30.4 Å². The first-order valence-corrected chi connectivity index (χ1v) is 12.8. The molecule has 0 spiro atoms. The predicted molar refractivity (Wildman–Crippen MR) is 126 cm³/mol. The Balaban J connectivity index is 1.39. The number of nitrogens with one attached hydrogen (secondary N) is 2. The molecule has 216 valence electrons. The highest BCUT2D eigenvalue weighted by molar-refractivity contribution is 5.95. The predicted octanol–water partition coefficient (Wildman–Crippen LogP) is 4.34. The number of hydrogen-bond donors (Lipinski definition) is 2. The highest BCUT2D eigenvalue weighted by Gasteiger charge is 2.45. The third-order valence-corrected chi connectivity index (χ3v) is 7.63. The lowest BCUT2D eigenvalue weighted by molar-refractivity contribution is -0.183. The molecule has 1 aliphatic carbocycles. The smallest absolute Gasteiger partial charge is 0.364 e. The molecule has 3 atom stereocenters. The lowest BCUT2D eigenvalue weighted by atomic mass is 9.81.